The fraction of sp³-hybridized carbons (Fsp3) is 0.188. The van der Waals surface area contributed by atoms with Crippen molar-refractivity contribution in [3.05, 3.63) is 53.6 Å². The first-order chi connectivity index (χ1) is 9.74. The van der Waals surface area contributed by atoms with Crippen molar-refractivity contribution in [2.45, 2.75) is 6.54 Å². The molecule has 0 bridgehead atoms. The number of nitrogens with two attached hydrogens (primary N) is 1. The number of benzene rings is 2. The predicted molar refractivity (Wildman–Crippen MR) is 77.9 cm³/mol. The number of methoxy groups -OCH3 is 2. The van der Waals surface area contributed by atoms with E-state index in [0.29, 0.717) is 0 Å². The second-order valence-corrected chi connectivity index (χ2v) is 4.67. The largest absolute Gasteiger partial charge is 0.497 e. The van der Waals surface area contributed by atoms with Crippen molar-refractivity contribution < 1.29 is 14.0 Å². The van der Waals surface area contributed by atoms with Gasteiger partial charge in [-0.25, -0.2) is 4.58 Å². The molecule has 2 N–H and O–H groups in total. The van der Waals surface area contributed by atoms with Gasteiger partial charge in [0.25, 0.3) is 5.84 Å². The summed E-state index contributed by atoms with van der Waals surface area (Å²) in [4.78, 5) is 0. The van der Waals surface area contributed by atoms with Crippen molar-refractivity contribution in [3.8, 4) is 11.5 Å². The molecular weight excluding hydrogens is 252 g/mol. The summed E-state index contributed by atoms with van der Waals surface area (Å²) in [5, 5.41) is 0. The van der Waals surface area contributed by atoms with Crippen LogP contribution < -0.4 is 15.2 Å². The Morgan fingerprint density at radius 1 is 1.05 bits per heavy atom. The molecule has 4 heteroatoms. The Balaban J connectivity index is 2.13. The Kier molecular flexibility index (Phi) is 3.06. The van der Waals surface area contributed by atoms with Crippen molar-refractivity contribution in [2.24, 2.45) is 5.73 Å². The Labute approximate surface area is 118 Å². The number of hydrogen-bond acceptors (Lipinski definition) is 3. The van der Waals surface area contributed by atoms with Crippen LogP contribution in [0.4, 0.5) is 5.69 Å². The predicted octanol–water partition coefficient (Wildman–Crippen LogP) is 2.27. The minimum absolute atomic E-state index is 0.742. The van der Waals surface area contributed by atoms with Gasteiger partial charge in [0.05, 0.1) is 19.8 Å². The number of amidine groups is 1. The summed E-state index contributed by atoms with van der Waals surface area (Å²) >= 11 is 0. The van der Waals surface area contributed by atoms with Crippen LogP contribution >= 0.6 is 0 Å². The van der Waals surface area contributed by atoms with Crippen LogP contribution in [0.15, 0.2) is 42.5 Å². The highest BCUT2D eigenvalue weighted by molar-refractivity contribution is 5.97. The van der Waals surface area contributed by atoms with Gasteiger partial charge in [0.15, 0.2) is 11.4 Å². The van der Waals surface area contributed by atoms with E-state index >= 15 is 0 Å². The molecule has 4 nitrogen and oxygen atoms in total. The molecule has 102 valence electrons. The summed E-state index contributed by atoms with van der Waals surface area (Å²) in [6.45, 7) is 0.742. The normalized spacial score (nSPS) is 13.3. The van der Waals surface area contributed by atoms with Gasteiger partial charge in [-0.05, 0) is 18.2 Å². The minimum atomic E-state index is 0.742. The zero-order chi connectivity index (χ0) is 14.1. The highest BCUT2D eigenvalue weighted by Crippen LogP contribution is 2.34. The van der Waals surface area contributed by atoms with Crippen molar-refractivity contribution in [3.63, 3.8) is 0 Å². The first kappa shape index (κ1) is 12.5. The summed E-state index contributed by atoms with van der Waals surface area (Å²) in [7, 11) is 3.31. The molecule has 1 heterocycles. The second kappa shape index (κ2) is 4.89. The standard InChI is InChI=1S/C16H16N2O2/c1-19-12-7-8-15(20-2)14(9-12)18-10-11-5-3-4-6-13(11)16(18)17/h3-9,17H,10H2,1-2H3/p+1. The summed E-state index contributed by atoms with van der Waals surface area (Å²) in [6, 6.07) is 13.9. The Morgan fingerprint density at radius 3 is 2.55 bits per heavy atom. The molecule has 0 saturated heterocycles. The van der Waals surface area contributed by atoms with Gasteiger partial charge >= 0.3 is 0 Å². The molecule has 0 saturated carbocycles. The van der Waals surface area contributed by atoms with E-state index in [1.807, 2.05) is 41.0 Å². The molecular formula is C16H17N2O2+. The first-order valence-electron chi connectivity index (χ1n) is 6.45. The highest BCUT2D eigenvalue weighted by atomic mass is 16.5. The van der Waals surface area contributed by atoms with Gasteiger partial charge in [-0.3, -0.25) is 5.73 Å². The molecule has 0 aromatic heterocycles. The molecule has 0 radical (unpaired) electrons. The van der Waals surface area contributed by atoms with Crippen LogP contribution in [-0.2, 0) is 6.54 Å². The molecule has 0 atom stereocenters. The SMILES string of the molecule is COc1ccc(OC)c([N+]2=C(N)c3ccccc3C2)c1. The second-order valence-electron chi connectivity index (χ2n) is 4.67. The van der Waals surface area contributed by atoms with Gasteiger partial charge in [-0.2, -0.15) is 0 Å². The maximum atomic E-state index is 6.28. The molecule has 0 amide bonds. The summed E-state index contributed by atoms with van der Waals surface area (Å²) in [5.41, 5.74) is 9.50. The maximum absolute atomic E-state index is 6.28. The van der Waals surface area contributed by atoms with Crippen LogP contribution in [0.2, 0.25) is 0 Å². The van der Waals surface area contributed by atoms with Gasteiger partial charge in [0.1, 0.15) is 12.3 Å². The van der Waals surface area contributed by atoms with Gasteiger partial charge < -0.3 is 9.47 Å². The fourth-order valence-corrected chi connectivity index (χ4v) is 2.53. The van der Waals surface area contributed by atoms with Crippen LogP contribution in [0.5, 0.6) is 11.5 Å². The minimum Gasteiger partial charge on any atom is -0.497 e. The van der Waals surface area contributed by atoms with Crippen molar-refractivity contribution in [1.29, 1.82) is 0 Å². The average molecular weight is 269 g/mol. The zero-order valence-electron chi connectivity index (χ0n) is 11.6. The first-order valence-corrected chi connectivity index (χ1v) is 6.45. The average Bonchev–Trinajstić information content (AvgIpc) is 2.84. The van der Waals surface area contributed by atoms with Gasteiger partial charge in [0.2, 0.25) is 0 Å². The molecule has 0 spiro atoms. The van der Waals surface area contributed by atoms with E-state index in [1.165, 1.54) is 5.56 Å². The van der Waals surface area contributed by atoms with E-state index in [0.717, 1.165) is 35.1 Å². The third-order valence-corrected chi connectivity index (χ3v) is 3.59. The lowest BCUT2D eigenvalue weighted by molar-refractivity contribution is -0.453. The summed E-state index contributed by atoms with van der Waals surface area (Å²) in [6.07, 6.45) is 0. The Morgan fingerprint density at radius 2 is 1.85 bits per heavy atom. The molecule has 0 unspecified atom stereocenters. The number of hydrogen-bond donors (Lipinski definition) is 1. The summed E-state index contributed by atoms with van der Waals surface area (Å²) < 4.78 is 12.8. The van der Waals surface area contributed by atoms with Crippen molar-refractivity contribution in [2.75, 3.05) is 14.2 Å². The quantitative estimate of drug-likeness (QED) is 0.869. The van der Waals surface area contributed by atoms with Crippen molar-refractivity contribution in [1.82, 2.24) is 0 Å². The van der Waals surface area contributed by atoms with E-state index in [4.69, 9.17) is 15.2 Å². The van der Waals surface area contributed by atoms with E-state index < -0.39 is 0 Å². The van der Waals surface area contributed by atoms with E-state index in [9.17, 15) is 0 Å². The number of fused-ring (bicyclic) bond motifs is 1. The fourth-order valence-electron chi connectivity index (χ4n) is 2.53. The third kappa shape index (κ3) is 1.90. The topological polar surface area (TPSA) is 47.5 Å². The number of nitrogens with zero attached hydrogens (tertiary/aromatic N) is 1. The van der Waals surface area contributed by atoms with E-state index in [2.05, 4.69) is 6.07 Å². The van der Waals surface area contributed by atoms with Crippen LogP contribution in [-0.4, -0.2) is 24.6 Å². The van der Waals surface area contributed by atoms with Crippen molar-refractivity contribution >= 4 is 11.5 Å². The lowest BCUT2D eigenvalue weighted by Crippen LogP contribution is -2.20. The third-order valence-electron chi connectivity index (χ3n) is 3.59. The molecule has 20 heavy (non-hydrogen) atoms. The van der Waals surface area contributed by atoms with Crippen LogP contribution in [0.25, 0.3) is 0 Å². The lowest BCUT2D eigenvalue weighted by atomic mass is 10.1. The molecule has 2 aromatic carbocycles. The van der Waals surface area contributed by atoms with E-state index in [1.54, 1.807) is 14.2 Å². The number of ether oxygens (including phenoxy) is 2. The number of rotatable bonds is 3. The molecule has 0 aliphatic carbocycles. The molecule has 2 aromatic rings. The Bertz CT molecular complexity index is 693. The Hall–Kier alpha value is -2.49. The van der Waals surface area contributed by atoms with Crippen LogP contribution in [0.3, 0.4) is 0 Å². The monoisotopic (exact) mass is 269 g/mol. The maximum Gasteiger partial charge on any atom is 0.280 e. The lowest BCUT2D eigenvalue weighted by Gasteiger charge is -2.10. The summed E-state index contributed by atoms with van der Waals surface area (Å²) in [5.74, 6) is 2.30. The van der Waals surface area contributed by atoms with E-state index in [-0.39, 0.29) is 0 Å². The molecule has 0 fully saturated rings. The highest BCUT2D eigenvalue weighted by Gasteiger charge is 2.27. The smallest absolute Gasteiger partial charge is 0.280 e. The molecule has 1 aliphatic heterocycles. The van der Waals surface area contributed by atoms with Crippen LogP contribution in [0.1, 0.15) is 11.1 Å². The van der Waals surface area contributed by atoms with Gasteiger partial charge in [0, 0.05) is 11.6 Å². The van der Waals surface area contributed by atoms with Gasteiger partial charge in [-0.1, -0.05) is 18.2 Å². The van der Waals surface area contributed by atoms with Crippen LogP contribution in [0, 0.1) is 0 Å². The molecule has 3 rings (SSSR count). The molecule has 1 aliphatic rings. The zero-order valence-corrected chi connectivity index (χ0v) is 11.6. The van der Waals surface area contributed by atoms with Gasteiger partial charge in [-0.15, -0.1) is 0 Å².